The highest BCUT2D eigenvalue weighted by Crippen LogP contribution is 2.17. The number of carbonyl (C=O) groups excluding carboxylic acids is 1. The van der Waals surface area contributed by atoms with Gasteiger partial charge < -0.3 is 10.6 Å². The molecule has 1 rings (SSSR count). The van der Waals surface area contributed by atoms with E-state index in [1.807, 2.05) is 6.92 Å². The lowest BCUT2D eigenvalue weighted by atomic mass is 9.99. The van der Waals surface area contributed by atoms with Gasteiger partial charge in [-0.25, -0.2) is 13.1 Å². The summed E-state index contributed by atoms with van der Waals surface area (Å²) in [6.45, 7) is 3.24. The van der Waals surface area contributed by atoms with Gasteiger partial charge in [-0.2, -0.15) is 0 Å². The van der Waals surface area contributed by atoms with Gasteiger partial charge in [0.25, 0.3) is 0 Å². The Morgan fingerprint density at radius 3 is 2.62 bits per heavy atom. The van der Waals surface area contributed by atoms with Crippen molar-refractivity contribution in [3.8, 4) is 0 Å². The molecule has 1 amide bonds. The van der Waals surface area contributed by atoms with Gasteiger partial charge in [-0.15, -0.1) is 0 Å². The molecule has 6 nitrogen and oxygen atoms in total. The molecule has 16 heavy (non-hydrogen) atoms. The van der Waals surface area contributed by atoms with Gasteiger partial charge >= 0.3 is 0 Å². The van der Waals surface area contributed by atoms with E-state index in [4.69, 9.17) is 0 Å². The van der Waals surface area contributed by atoms with Crippen LogP contribution in [0.25, 0.3) is 0 Å². The summed E-state index contributed by atoms with van der Waals surface area (Å²) in [5, 5.41) is 5.85. The summed E-state index contributed by atoms with van der Waals surface area (Å²) in [4.78, 5) is 11.7. The fourth-order valence-corrected chi connectivity index (χ4v) is 2.17. The quantitative estimate of drug-likeness (QED) is 0.534. The van der Waals surface area contributed by atoms with Crippen molar-refractivity contribution in [2.75, 3.05) is 25.9 Å². The molecule has 0 aliphatic carbocycles. The molecule has 0 spiro atoms. The van der Waals surface area contributed by atoms with Gasteiger partial charge in [0.05, 0.1) is 11.8 Å². The Bertz CT molecular complexity index is 347. The zero-order valence-electron chi connectivity index (χ0n) is 9.67. The first-order valence-corrected chi connectivity index (χ1v) is 7.21. The molecule has 94 valence electrons. The Morgan fingerprint density at radius 1 is 1.44 bits per heavy atom. The minimum atomic E-state index is -3.17. The van der Waals surface area contributed by atoms with Crippen molar-refractivity contribution in [3.05, 3.63) is 0 Å². The molecular weight excluding hydrogens is 230 g/mol. The molecule has 1 fully saturated rings. The molecule has 0 aromatic rings. The second kappa shape index (κ2) is 5.11. The average molecular weight is 249 g/mol. The fraction of sp³-hybridized carbons (Fsp3) is 0.889. The fourth-order valence-electron chi connectivity index (χ4n) is 1.70. The zero-order valence-corrected chi connectivity index (χ0v) is 10.5. The van der Waals surface area contributed by atoms with Gasteiger partial charge in [0.1, 0.15) is 0 Å². The third-order valence-corrected chi connectivity index (χ3v) is 3.37. The topological polar surface area (TPSA) is 87.3 Å². The summed E-state index contributed by atoms with van der Waals surface area (Å²) >= 11 is 0. The standard InChI is InChI=1S/C9H19N3O3S/c1-9(4-3-5-11-9)8(13)10-6-7-12-16(2,14)15/h11-12H,3-7H2,1-2H3,(H,10,13). The zero-order chi connectivity index (χ0) is 12.2. The van der Waals surface area contributed by atoms with Crippen LogP contribution in [-0.4, -0.2) is 45.8 Å². The van der Waals surface area contributed by atoms with Crippen molar-refractivity contribution in [1.29, 1.82) is 0 Å². The van der Waals surface area contributed by atoms with Crippen LogP contribution in [0.4, 0.5) is 0 Å². The molecule has 1 unspecified atom stereocenters. The molecule has 0 aromatic carbocycles. The maximum Gasteiger partial charge on any atom is 0.240 e. The Labute approximate surface area is 96.2 Å². The average Bonchev–Trinajstić information content (AvgIpc) is 2.59. The van der Waals surface area contributed by atoms with Crippen LogP contribution in [0, 0.1) is 0 Å². The van der Waals surface area contributed by atoms with Crippen LogP contribution in [0.2, 0.25) is 0 Å². The predicted molar refractivity (Wildman–Crippen MR) is 61.5 cm³/mol. The number of hydrogen-bond acceptors (Lipinski definition) is 4. The summed E-state index contributed by atoms with van der Waals surface area (Å²) in [7, 11) is -3.17. The molecule has 0 saturated carbocycles. The maximum atomic E-state index is 11.7. The van der Waals surface area contributed by atoms with Gasteiger partial charge in [-0.3, -0.25) is 4.79 Å². The Kier molecular flexibility index (Phi) is 4.28. The molecule has 7 heteroatoms. The Balaban J connectivity index is 2.25. The highest BCUT2D eigenvalue weighted by Gasteiger charge is 2.35. The lowest BCUT2D eigenvalue weighted by Crippen LogP contribution is -2.52. The smallest absolute Gasteiger partial charge is 0.240 e. The third kappa shape index (κ3) is 4.07. The molecule has 0 aromatic heterocycles. The summed E-state index contributed by atoms with van der Waals surface area (Å²) in [5.41, 5.74) is -0.495. The minimum Gasteiger partial charge on any atom is -0.353 e. The Morgan fingerprint density at radius 2 is 2.12 bits per heavy atom. The number of nitrogens with one attached hydrogen (secondary N) is 3. The SMILES string of the molecule is CC1(C(=O)NCCNS(C)(=O)=O)CCCN1. The van der Waals surface area contributed by atoms with Crippen LogP contribution in [0.3, 0.4) is 0 Å². The molecule has 3 N–H and O–H groups in total. The van der Waals surface area contributed by atoms with Crippen molar-refractivity contribution in [1.82, 2.24) is 15.4 Å². The van der Waals surface area contributed by atoms with E-state index in [1.54, 1.807) is 0 Å². The number of rotatable bonds is 5. The van der Waals surface area contributed by atoms with E-state index in [9.17, 15) is 13.2 Å². The van der Waals surface area contributed by atoms with Gasteiger partial charge in [-0.05, 0) is 26.3 Å². The summed E-state index contributed by atoms with van der Waals surface area (Å²) in [5.74, 6) is -0.0692. The van der Waals surface area contributed by atoms with Crippen molar-refractivity contribution in [2.45, 2.75) is 25.3 Å². The van der Waals surface area contributed by atoms with Crippen molar-refractivity contribution in [3.63, 3.8) is 0 Å². The van der Waals surface area contributed by atoms with Crippen LogP contribution in [0.1, 0.15) is 19.8 Å². The lowest BCUT2D eigenvalue weighted by Gasteiger charge is -2.22. The number of amides is 1. The molecule has 0 bridgehead atoms. The van der Waals surface area contributed by atoms with E-state index in [2.05, 4.69) is 15.4 Å². The van der Waals surface area contributed by atoms with Crippen LogP contribution < -0.4 is 15.4 Å². The van der Waals surface area contributed by atoms with Crippen LogP contribution in [0.5, 0.6) is 0 Å². The highest BCUT2D eigenvalue weighted by atomic mass is 32.2. The predicted octanol–water partition coefficient (Wildman–Crippen LogP) is -1.21. The van der Waals surface area contributed by atoms with Gasteiger partial charge in [-0.1, -0.05) is 0 Å². The monoisotopic (exact) mass is 249 g/mol. The van der Waals surface area contributed by atoms with Gasteiger partial charge in [0.2, 0.25) is 15.9 Å². The molecular formula is C9H19N3O3S. The van der Waals surface area contributed by atoms with Gasteiger partial charge in [0, 0.05) is 13.1 Å². The van der Waals surface area contributed by atoms with E-state index >= 15 is 0 Å². The minimum absolute atomic E-state index is 0.0692. The summed E-state index contributed by atoms with van der Waals surface area (Å²) < 4.78 is 23.8. The van der Waals surface area contributed by atoms with Crippen LogP contribution in [-0.2, 0) is 14.8 Å². The molecule has 1 aliphatic rings. The molecule has 1 heterocycles. The van der Waals surface area contributed by atoms with Crippen molar-refractivity contribution < 1.29 is 13.2 Å². The van der Waals surface area contributed by atoms with E-state index in [1.165, 1.54) is 0 Å². The first kappa shape index (κ1) is 13.4. The largest absolute Gasteiger partial charge is 0.353 e. The molecule has 1 aliphatic heterocycles. The molecule has 0 radical (unpaired) electrons. The number of carbonyl (C=O) groups is 1. The van der Waals surface area contributed by atoms with E-state index in [0.29, 0.717) is 6.54 Å². The first-order chi connectivity index (χ1) is 7.33. The van der Waals surface area contributed by atoms with Crippen molar-refractivity contribution in [2.24, 2.45) is 0 Å². The second-order valence-electron chi connectivity index (χ2n) is 4.28. The highest BCUT2D eigenvalue weighted by molar-refractivity contribution is 7.88. The van der Waals surface area contributed by atoms with Crippen LogP contribution >= 0.6 is 0 Å². The van der Waals surface area contributed by atoms with Gasteiger partial charge in [0.15, 0.2) is 0 Å². The Hall–Kier alpha value is -0.660. The normalized spacial score (nSPS) is 25.6. The molecule has 1 saturated heterocycles. The number of hydrogen-bond donors (Lipinski definition) is 3. The lowest BCUT2D eigenvalue weighted by molar-refractivity contribution is -0.126. The first-order valence-electron chi connectivity index (χ1n) is 5.31. The summed E-state index contributed by atoms with van der Waals surface area (Å²) in [6.07, 6.45) is 2.90. The van der Waals surface area contributed by atoms with E-state index < -0.39 is 15.6 Å². The van der Waals surface area contributed by atoms with Crippen LogP contribution in [0.15, 0.2) is 0 Å². The van der Waals surface area contributed by atoms with E-state index in [-0.39, 0.29) is 12.5 Å². The summed E-state index contributed by atoms with van der Waals surface area (Å²) in [6, 6.07) is 0. The third-order valence-electron chi connectivity index (χ3n) is 2.64. The molecule has 1 atom stereocenters. The number of sulfonamides is 1. The maximum absolute atomic E-state index is 11.7. The van der Waals surface area contributed by atoms with Crippen molar-refractivity contribution >= 4 is 15.9 Å². The second-order valence-corrected chi connectivity index (χ2v) is 6.12. The van der Waals surface area contributed by atoms with E-state index in [0.717, 1.165) is 25.6 Å².